The van der Waals surface area contributed by atoms with Crippen molar-refractivity contribution in [3.63, 3.8) is 0 Å². The zero-order chi connectivity index (χ0) is 20.8. The van der Waals surface area contributed by atoms with E-state index in [4.69, 9.17) is 14.2 Å². The van der Waals surface area contributed by atoms with Crippen LogP contribution in [0.2, 0.25) is 0 Å². The van der Waals surface area contributed by atoms with Crippen LogP contribution < -0.4 is 20.1 Å². The standard InChI is InChI=1S/C21H19FN4O4/c22-16-9-14(19-15(10-16)12-28-13-29-19)5-8-23-20(27)26-17-3-1-4-18(11-17)30-21-24-6-2-7-25-21/h1-4,6-7,9-11H,5,8,12-13H2,(H2,23,26,27). The summed E-state index contributed by atoms with van der Waals surface area (Å²) in [6, 6.07) is 11.2. The first-order valence-corrected chi connectivity index (χ1v) is 9.29. The number of ether oxygens (including phenoxy) is 3. The molecule has 9 heteroatoms. The average molecular weight is 410 g/mol. The topological polar surface area (TPSA) is 94.6 Å². The second-order valence-electron chi connectivity index (χ2n) is 6.46. The Morgan fingerprint density at radius 3 is 2.90 bits per heavy atom. The summed E-state index contributed by atoms with van der Waals surface area (Å²) in [6.45, 7) is 0.742. The number of carbonyl (C=O) groups is 1. The molecular formula is C21H19FN4O4. The molecule has 0 unspecified atom stereocenters. The number of amides is 2. The van der Waals surface area contributed by atoms with Gasteiger partial charge in [-0.25, -0.2) is 19.2 Å². The van der Waals surface area contributed by atoms with E-state index in [0.717, 1.165) is 0 Å². The van der Waals surface area contributed by atoms with Gasteiger partial charge in [-0.3, -0.25) is 0 Å². The van der Waals surface area contributed by atoms with Gasteiger partial charge >= 0.3 is 12.0 Å². The van der Waals surface area contributed by atoms with Gasteiger partial charge in [-0.15, -0.1) is 0 Å². The van der Waals surface area contributed by atoms with Gasteiger partial charge in [-0.05, 0) is 42.3 Å². The highest BCUT2D eigenvalue weighted by atomic mass is 19.1. The highest BCUT2D eigenvalue weighted by Gasteiger charge is 2.17. The lowest BCUT2D eigenvalue weighted by Crippen LogP contribution is -2.30. The van der Waals surface area contributed by atoms with Crippen molar-refractivity contribution >= 4 is 11.7 Å². The highest BCUT2D eigenvalue weighted by Crippen LogP contribution is 2.29. The second-order valence-corrected chi connectivity index (χ2v) is 6.46. The van der Waals surface area contributed by atoms with Crippen LogP contribution in [0.25, 0.3) is 0 Å². The normalized spacial score (nSPS) is 12.4. The third-order valence-corrected chi connectivity index (χ3v) is 4.27. The molecule has 2 heterocycles. The number of hydrogen-bond donors (Lipinski definition) is 2. The van der Waals surface area contributed by atoms with Gasteiger partial charge in [0.1, 0.15) is 17.3 Å². The molecule has 0 atom stereocenters. The molecule has 0 saturated carbocycles. The fraction of sp³-hybridized carbons (Fsp3) is 0.190. The maximum atomic E-state index is 13.8. The zero-order valence-electron chi connectivity index (χ0n) is 15.9. The monoisotopic (exact) mass is 410 g/mol. The SMILES string of the molecule is O=C(NCCc1cc(F)cc2c1OCOC2)Nc1cccc(Oc2ncccn2)c1. The fourth-order valence-corrected chi connectivity index (χ4v) is 3.01. The van der Waals surface area contributed by atoms with Crippen LogP contribution in [0.3, 0.4) is 0 Å². The maximum absolute atomic E-state index is 13.8. The molecule has 30 heavy (non-hydrogen) atoms. The van der Waals surface area contributed by atoms with E-state index < -0.39 is 6.03 Å². The lowest BCUT2D eigenvalue weighted by atomic mass is 10.1. The van der Waals surface area contributed by atoms with Crippen LogP contribution in [0, 0.1) is 5.82 Å². The van der Waals surface area contributed by atoms with Crippen LogP contribution in [0.4, 0.5) is 14.9 Å². The number of halogens is 1. The number of nitrogens with zero attached hydrogens (tertiary/aromatic N) is 2. The third kappa shape index (κ3) is 5.00. The van der Waals surface area contributed by atoms with E-state index in [1.54, 1.807) is 42.7 Å². The van der Waals surface area contributed by atoms with Gasteiger partial charge in [0.2, 0.25) is 0 Å². The average Bonchev–Trinajstić information content (AvgIpc) is 2.74. The number of hydrogen-bond acceptors (Lipinski definition) is 6. The summed E-state index contributed by atoms with van der Waals surface area (Å²) >= 11 is 0. The van der Waals surface area contributed by atoms with Gasteiger partial charge in [-0.1, -0.05) is 6.07 Å². The van der Waals surface area contributed by atoms with Gasteiger partial charge in [0, 0.05) is 36.3 Å². The molecule has 8 nitrogen and oxygen atoms in total. The molecule has 4 rings (SSSR count). The van der Waals surface area contributed by atoms with Gasteiger partial charge < -0.3 is 24.8 Å². The number of aromatic nitrogens is 2. The number of anilines is 1. The number of fused-ring (bicyclic) bond motifs is 1. The highest BCUT2D eigenvalue weighted by molar-refractivity contribution is 5.89. The number of carbonyl (C=O) groups excluding carboxylic acids is 1. The molecular weight excluding hydrogens is 391 g/mol. The van der Waals surface area contributed by atoms with Crippen LogP contribution in [0.5, 0.6) is 17.5 Å². The van der Waals surface area contributed by atoms with Gasteiger partial charge in [0.15, 0.2) is 6.79 Å². The largest absolute Gasteiger partial charge is 0.467 e. The first-order valence-electron chi connectivity index (χ1n) is 9.29. The van der Waals surface area contributed by atoms with Crippen LogP contribution in [0.15, 0.2) is 54.9 Å². The predicted molar refractivity (Wildman–Crippen MR) is 106 cm³/mol. The van der Waals surface area contributed by atoms with Crippen LogP contribution in [0.1, 0.15) is 11.1 Å². The maximum Gasteiger partial charge on any atom is 0.321 e. The minimum Gasteiger partial charge on any atom is -0.467 e. The Balaban J connectivity index is 1.31. The number of urea groups is 1. The van der Waals surface area contributed by atoms with Crippen molar-refractivity contribution in [1.29, 1.82) is 0 Å². The summed E-state index contributed by atoms with van der Waals surface area (Å²) in [4.78, 5) is 20.2. The van der Waals surface area contributed by atoms with Gasteiger partial charge in [-0.2, -0.15) is 0 Å². The fourth-order valence-electron chi connectivity index (χ4n) is 3.01. The molecule has 1 aliphatic rings. The van der Waals surface area contributed by atoms with Crippen molar-refractivity contribution in [3.05, 3.63) is 71.8 Å². The van der Waals surface area contributed by atoms with E-state index in [1.165, 1.54) is 12.1 Å². The molecule has 3 aromatic rings. The summed E-state index contributed by atoms with van der Waals surface area (Å²) < 4.78 is 30.0. The molecule has 2 aromatic carbocycles. The minimum atomic E-state index is -0.391. The van der Waals surface area contributed by atoms with Crippen molar-refractivity contribution in [1.82, 2.24) is 15.3 Å². The molecule has 0 saturated heterocycles. The first-order chi connectivity index (χ1) is 14.7. The summed E-state index contributed by atoms with van der Waals surface area (Å²) in [6.07, 6.45) is 3.57. The molecule has 2 N–H and O–H groups in total. The molecule has 1 aliphatic heterocycles. The third-order valence-electron chi connectivity index (χ3n) is 4.27. The Labute approximate surface area is 172 Å². The van der Waals surface area contributed by atoms with Crippen molar-refractivity contribution in [3.8, 4) is 17.5 Å². The van der Waals surface area contributed by atoms with Crippen molar-refractivity contribution < 1.29 is 23.4 Å². The molecule has 2 amide bonds. The summed E-state index contributed by atoms with van der Waals surface area (Å²) in [5.41, 5.74) is 1.90. The van der Waals surface area contributed by atoms with Gasteiger partial charge in [0.25, 0.3) is 0 Å². The summed E-state index contributed by atoms with van der Waals surface area (Å²) in [5.74, 6) is 0.754. The summed E-state index contributed by atoms with van der Waals surface area (Å²) in [7, 11) is 0. The lowest BCUT2D eigenvalue weighted by Gasteiger charge is -2.21. The predicted octanol–water partition coefficient (Wildman–Crippen LogP) is 3.64. The Bertz CT molecular complexity index is 1030. The quantitative estimate of drug-likeness (QED) is 0.644. The number of nitrogens with one attached hydrogen (secondary N) is 2. The molecule has 0 aliphatic carbocycles. The van der Waals surface area contributed by atoms with Crippen molar-refractivity contribution in [2.24, 2.45) is 0 Å². The molecule has 0 bridgehead atoms. The van der Waals surface area contributed by atoms with E-state index in [2.05, 4.69) is 20.6 Å². The number of benzene rings is 2. The Kier molecular flexibility index (Phi) is 6.00. The van der Waals surface area contributed by atoms with E-state index in [1.807, 2.05) is 0 Å². The van der Waals surface area contributed by atoms with Crippen LogP contribution in [-0.2, 0) is 17.8 Å². The van der Waals surface area contributed by atoms with E-state index in [-0.39, 0.29) is 18.6 Å². The van der Waals surface area contributed by atoms with Crippen molar-refractivity contribution in [2.45, 2.75) is 13.0 Å². The van der Waals surface area contributed by atoms with E-state index in [9.17, 15) is 9.18 Å². The molecule has 1 aromatic heterocycles. The molecule has 0 fully saturated rings. The Morgan fingerprint density at radius 2 is 2.03 bits per heavy atom. The second kappa shape index (κ2) is 9.19. The molecule has 0 radical (unpaired) electrons. The number of rotatable bonds is 6. The van der Waals surface area contributed by atoms with Crippen LogP contribution >= 0.6 is 0 Å². The van der Waals surface area contributed by atoms with Gasteiger partial charge in [0.05, 0.1) is 6.61 Å². The minimum absolute atomic E-state index is 0.131. The Morgan fingerprint density at radius 1 is 1.17 bits per heavy atom. The first kappa shape index (κ1) is 19.6. The zero-order valence-corrected chi connectivity index (χ0v) is 15.9. The molecule has 0 spiro atoms. The van der Waals surface area contributed by atoms with Crippen molar-refractivity contribution in [2.75, 3.05) is 18.7 Å². The Hall–Kier alpha value is -3.72. The van der Waals surface area contributed by atoms with Crippen LogP contribution in [-0.4, -0.2) is 29.3 Å². The lowest BCUT2D eigenvalue weighted by molar-refractivity contribution is -0.0172. The van der Waals surface area contributed by atoms with E-state index >= 15 is 0 Å². The molecule has 154 valence electrons. The van der Waals surface area contributed by atoms with E-state index in [0.29, 0.717) is 47.9 Å². The summed E-state index contributed by atoms with van der Waals surface area (Å²) in [5, 5.41) is 5.48. The smallest absolute Gasteiger partial charge is 0.321 e.